The molecule has 0 aliphatic carbocycles. The molecule has 1 rings (SSSR count). The SMILES string of the molecule is COC(=O)[C@@H](N)[C@@H]1CC(Cl)=NO1. The van der Waals surface area contributed by atoms with Gasteiger partial charge in [0, 0.05) is 6.42 Å². The number of esters is 1. The summed E-state index contributed by atoms with van der Waals surface area (Å²) in [7, 11) is 1.26. The summed E-state index contributed by atoms with van der Waals surface area (Å²) in [4.78, 5) is 15.7. The standard InChI is InChI=1S/C6H9ClN2O3/c1-11-6(10)5(8)3-2-4(7)9-12-3/h3,5H,2,8H2,1H3/t3-,5-/m0/s1. The van der Waals surface area contributed by atoms with Gasteiger partial charge in [-0.1, -0.05) is 16.8 Å². The Morgan fingerprint density at radius 2 is 2.67 bits per heavy atom. The lowest BCUT2D eigenvalue weighted by molar-refractivity contribution is -0.145. The first-order valence-electron chi connectivity index (χ1n) is 3.36. The first kappa shape index (κ1) is 9.28. The zero-order valence-corrected chi connectivity index (χ0v) is 7.25. The molecule has 0 radical (unpaired) electrons. The molecule has 0 fully saturated rings. The molecular formula is C6H9ClN2O3. The van der Waals surface area contributed by atoms with E-state index in [-0.39, 0.29) is 0 Å². The van der Waals surface area contributed by atoms with E-state index in [1.807, 2.05) is 0 Å². The Kier molecular flexibility index (Phi) is 2.88. The molecule has 12 heavy (non-hydrogen) atoms. The van der Waals surface area contributed by atoms with Crippen molar-refractivity contribution in [1.29, 1.82) is 0 Å². The lowest BCUT2D eigenvalue weighted by Crippen LogP contribution is -2.42. The van der Waals surface area contributed by atoms with Crippen molar-refractivity contribution in [1.82, 2.24) is 0 Å². The van der Waals surface area contributed by atoms with Crippen LogP contribution in [0.5, 0.6) is 0 Å². The van der Waals surface area contributed by atoms with E-state index < -0.39 is 18.1 Å². The third-order valence-electron chi connectivity index (χ3n) is 1.53. The summed E-state index contributed by atoms with van der Waals surface area (Å²) in [6, 6.07) is -0.824. The number of halogens is 1. The molecular weight excluding hydrogens is 184 g/mol. The molecule has 0 aromatic carbocycles. The zero-order valence-electron chi connectivity index (χ0n) is 6.49. The average molecular weight is 193 g/mol. The molecule has 1 heterocycles. The highest BCUT2D eigenvalue weighted by atomic mass is 35.5. The second-order valence-electron chi connectivity index (χ2n) is 2.36. The van der Waals surface area contributed by atoms with Crippen LogP contribution in [0.15, 0.2) is 5.16 Å². The van der Waals surface area contributed by atoms with Gasteiger partial charge in [0.15, 0.2) is 6.10 Å². The smallest absolute Gasteiger partial charge is 0.326 e. The van der Waals surface area contributed by atoms with Gasteiger partial charge in [0.2, 0.25) is 0 Å². The Morgan fingerprint density at radius 1 is 2.00 bits per heavy atom. The number of carbonyl (C=O) groups excluding carboxylic acids is 1. The van der Waals surface area contributed by atoms with Crippen molar-refractivity contribution >= 4 is 22.7 Å². The largest absolute Gasteiger partial charge is 0.468 e. The predicted octanol–water partition coefficient (Wildman–Crippen LogP) is -0.172. The van der Waals surface area contributed by atoms with Crippen LogP contribution >= 0.6 is 11.6 Å². The molecule has 0 unspecified atom stereocenters. The molecule has 2 N–H and O–H groups in total. The first-order valence-corrected chi connectivity index (χ1v) is 3.74. The van der Waals surface area contributed by atoms with Gasteiger partial charge in [-0.2, -0.15) is 0 Å². The molecule has 0 bridgehead atoms. The van der Waals surface area contributed by atoms with Gasteiger partial charge in [0.25, 0.3) is 0 Å². The number of nitrogens with two attached hydrogens (primary N) is 1. The van der Waals surface area contributed by atoms with Gasteiger partial charge < -0.3 is 15.3 Å². The highest BCUT2D eigenvalue weighted by Crippen LogP contribution is 2.15. The van der Waals surface area contributed by atoms with Crippen molar-refractivity contribution in [2.24, 2.45) is 10.9 Å². The topological polar surface area (TPSA) is 73.9 Å². The van der Waals surface area contributed by atoms with E-state index in [1.54, 1.807) is 0 Å². The maximum absolute atomic E-state index is 10.9. The fourth-order valence-electron chi connectivity index (χ4n) is 0.846. The maximum atomic E-state index is 10.9. The summed E-state index contributed by atoms with van der Waals surface area (Å²) in [5.41, 5.74) is 5.46. The quantitative estimate of drug-likeness (QED) is 0.617. The van der Waals surface area contributed by atoms with Crippen molar-refractivity contribution in [3.63, 3.8) is 0 Å². The summed E-state index contributed by atoms with van der Waals surface area (Å²) in [6.07, 6.45) is -0.136. The lowest BCUT2D eigenvalue weighted by Gasteiger charge is -2.13. The van der Waals surface area contributed by atoms with E-state index in [4.69, 9.17) is 22.2 Å². The van der Waals surface area contributed by atoms with E-state index in [1.165, 1.54) is 7.11 Å². The number of hydrogen-bond donors (Lipinski definition) is 1. The molecule has 0 amide bonds. The minimum Gasteiger partial charge on any atom is -0.468 e. The minimum atomic E-state index is -0.824. The van der Waals surface area contributed by atoms with Gasteiger partial charge >= 0.3 is 5.97 Å². The second-order valence-corrected chi connectivity index (χ2v) is 2.80. The van der Waals surface area contributed by atoms with Crippen molar-refractivity contribution in [2.45, 2.75) is 18.6 Å². The zero-order chi connectivity index (χ0) is 9.14. The van der Waals surface area contributed by atoms with Gasteiger partial charge in [0.1, 0.15) is 11.2 Å². The third-order valence-corrected chi connectivity index (χ3v) is 1.75. The Labute approximate surface area is 74.4 Å². The van der Waals surface area contributed by atoms with E-state index in [9.17, 15) is 4.79 Å². The summed E-state index contributed by atoms with van der Waals surface area (Å²) in [5.74, 6) is -0.526. The highest BCUT2D eigenvalue weighted by Gasteiger charge is 2.31. The number of carbonyl (C=O) groups is 1. The van der Waals surface area contributed by atoms with E-state index >= 15 is 0 Å². The fourth-order valence-corrected chi connectivity index (χ4v) is 1.04. The molecule has 2 atom stereocenters. The normalized spacial score (nSPS) is 24.2. The summed E-state index contributed by atoms with van der Waals surface area (Å²) in [5, 5.41) is 3.77. The molecule has 0 aromatic rings. The Balaban J connectivity index is 2.45. The van der Waals surface area contributed by atoms with E-state index in [0.717, 1.165) is 0 Å². The molecule has 1 aliphatic rings. The molecule has 1 aliphatic heterocycles. The summed E-state index contributed by atoms with van der Waals surface area (Å²) in [6.45, 7) is 0. The molecule has 0 aromatic heterocycles. The summed E-state index contributed by atoms with van der Waals surface area (Å²) < 4.78 is 4.42. The molecule has 5 nitrogen and oxygen atoms in total. The van der Waals surface area contributed by atoms with Gasteiger partial charge in [-0.25, -0.2) is 0 Å². The molecule has 68 valence electrons. The molecule has 6 heteroatoms. The average Bonchev–Trinajstić information content (AvgIpc) is 2.49. The Morgan fingerprint density at radius 3 is 3.08 bits per heavy atom. The molecule has 0 saturated heterocycles. The van der Waals surface area contributed by atoms with Crippen LogP contribution in [0, 0.1) is 0 Å². The van der Waals surface area contributed by atoms with Crippen LogP contribution in [-0.2, 0) is 14.4 Å². The van der Waals surface area contributed by atoms with E-state index in [2.05, 4.69) is 9.89 Å². The van der Waals surface area contributed by atoms with Gasteiger partial charge in [-0.05, 0) is 0 Å². The predicted molar refractivity (Wildman–Crippen MR) is 42.8 cm³/mol. The van der Waals surface area contributed by atoms with Crippen LogP contribution in [-0.4, -0.2) is 30.4 Å². The first-order chi connectivity index (χ1) is 5.65. The van der Waals surface area contributed by atoms with Crippen molar-refractivity contribution in [3.05, 3.63) is 0 Å². The fraction of sp³-hybridized carbons (Fsp3) is 0.667. The minimum absolute atomic E-state index is 0.319. The Hall–Kier alpha value is -0.810. The van der Waals surface area contributed by atoms with Crippen LogP contribution in [0.2, 0.25) is 0 Å². The number of ether oxygens (including phenoxy) is 1. The van der Waals surface area contributed by atoms with Crippen LogP contribution < -0.4 is 5.73 Å². The summed E-state index contributed by atoms with van der Waals surface area (Å²) >= 11 is 5.52. The van der Waals surface area contributed by atoms with Crippen molar-refractivity contribution < 1.29 is 14.4 Å². The van der Waals surface area contributed by atoms with Gasteiger partial charge in [-0.3, -0.25) is 4.79 Å². The van der Waals surface area contributed by atoms with Gasteiger partial charge in [0.05, 0.1) is 7.11 Å². The van der Waals surface area contributed by atoms with Crippen molar-refractivity contribution in [3.8, 4) is 0 Å². The lowest BCUT2D eigenvalue weighted by atomic mass is 10.1. The van der Waals surface area contributed by atoms with Crippen LogP contribution in [0.4, 0.5) is 0 Å². The second kappa shape index (κ2) is 3.73. The van der Waals surface area contributed by atoms with Crippen molar-refractivity contribution in [2.75, 3.05) is 7.11 Å². The molecule has 0 spiro atoms. The number of rotatable bonds is 2. The van der Waals surface area contributed by atoms with Gasteiger partial charge in [-0.15, -0.1) is 0 Å². The number of nitrogens with zero attached hydrogens (tertiary/aromatic N) is 1. The monoisotopic (exact) mass is 192 g/mol. The maximum Gasteiger partial charge on any atom is 0.326 e. The third kappa shape index (κ3) is 1.86. The number of oxime groups is 1. The number of methoxy groups -OCH3 is 1. The highest BCUT2D eigenvalue weighted by molar-refractivity contribution is 6.65. The number of hydrogen-bond acceptors (Lipinski definition) is 5. The van der Waals surface area contributed by atoms with Crippen LogP contribution in [0.1, 0.15) is 6.42 Å². The Bertz CT molecular complexity index is 219. The van der Waals surface area contributed by atoms with Crippen LogP contribution in [0.3, 0.4) is 0 Å². The van der Waals surface area contributed by atoms with Crippen LogP contribution in [0.25, 0.3) is 0 Å². The van der Waals surface area contributed by atoms with E-state index in [0.29, 0.717) is 11.6 Å². The molecule has 0 saturated carbocycles.